The Morgan fingerprint density at radius 2 is 1.85 bits per heavy atom. The van der Waals surface area contributed by atoms with Crippen LogP contribution in [0.1, 0.15) is 6.92 Å². The molecule has 3 N–H and O–H groups in total. The monoisotopic (exact) mass is 438 g/mol. The Hall–Kier alpha value is -4.26. The number of anilines is 1. The Bertz CT molecular complexity index is 1310. The van der Waals surface area contributed by atoms with Crippen molar-refractivity contribution in [2.75, 3.05) is 26.0 Å². The third-order valence-electron chi connectivity index (χ3n) is 5.11. The first kappa shape index (κ1) is 22.0. The zero-order chi connectivity index (χ0) is 23.2. The number of aliphatic imine (C=N–C) groups is 1. The van der Waals surface area contributed by atoms with Gasteiger partial charge in [-0.15, -0.1) is 0 Å². The summed E-state index contributed by atoms with van der Waals surface area (Å²) in [5, 5.41) is 4.15. The number of nitrogens with zero attached hydrogens (tertiary/aromatic N) is 4. The van der Waals surface area contributed by atoms with Crippen LogP contribution in [0, 0.1) is 0 Å². The molecule has 7 heteroatoms. The Morgan fingerprint density at radius 1 is 1.06 bits per heavy atom. The molecule has 166 valence electrons. The van der Waals surface area contributed by atoms with Gasteiger partial charge in [-0.1, -0.05) is 18.2 Å². The van der Waals surface area contributed by atoms with Crippen LogP contribution in [0.2, 0.25) is 0 Å². The minimum Gasteiger partial charge on any atom is -0.487 e. The van der Waals surface area contributed by atoms with Gasteiger partial charge < -0.3 is 15.8 Å². The van der Waals surface area contributed by atoms with E-state index in [4.69, 9.17) is 20.4 Å². The highest BCUT2D eigenvalue weighted by Crippen LogP contribution is 2.30. The lowest BCUT2D eigenvalue weighted by molar-refractivity contribution is 0.377. The molecule has 2 aromatic heterocycles. The highest BCUT2D eigenvalue weighted by atomic mass is 16.5. The van der Waals surface area contributed by atoms with Crippen molar-refractivity contribution in [3.8, 4) is 28.3 Å². The summed E-state index contributed by atoms with van der Waals surface area (Å²) in [4.78, 5) is 17.8. The Labute approximate surface area is 193 Å². The molecule has 0 saturated carbocycles. The maximum absolute atomic E-state index is 5.85. The fourth-order valence-electron chi connectivity index (χ4n) is 3.46. The largest absolute Gasteiger partial charge is 0.487 e. The van der Waals surface area contributed by atoms with Gasteiger partial charge in [-0.05, 0) is 60.5 Å². The average Bonchev–Trinajstić information content (AvgIpc) is 2.86. The highest BCUT2D eigenvalue weighted by molar-refractivity contribution is 5.96. The van der Waals surface area contributed by atoms with Crippen molar-refractivity contribution in [3.63, 3.8) is 0 Å². The first-order valence-electron chi connectivity index (χ1n) is 10.6. The van der Waals surface area contributed by atoms with Crippen LogP contribution in [-0.4, -0.2) is 41.4 Å². The molecule has 2 heterocycles. The van der Waals surface area contributed by atoms with Crippen molar-refractivity contribution >= 4 is 22.4 Å². The number of pyridine rings is 1. The summed E-state index contributed by atoms with van der Waals surface area (Å²) >= 11 is 0. The molecule has 33 heavy (non-hydrogen) atoms. The first-order valence-corrected chi connectivity index (χ1v) is 10.6. The summed E-state index contributed by atoms with van der Waals surface area (Å²) in [6.45, 7) is 2.19. The van der Waals surface area contributed by atoms with Crippen LogP contribution in [0.25, 0.3) is 33.4 Å². The minimum atomic E-state index is 0.364. The van der Waals surface area contributed by atoms with E-state index >= 15 is 0 Å². The number of allylic oxidation sites excluding steroid dienone is 1. The van der Waals surface area contributed by atoms with Crippen LogP contribution in [-0.2, 0) is 0 Å². The van der Waals surface area contributed by atoms with Gasteiger partial charge in [0.1, 0.15) is 18.2 Å². The van der Waals surface area contributed by atoms with E-state index in [9.17, 15) is 0 Å². The SMILES string of the molecule is CN=C(C=C(C)N)COc1ccc(-c2ccc3nc(-c4cccnc4)nc(NC)c3c2)cc1. The van der Waals surface area contributed by atoms with Crippen molar-refractivity contribution < 1.29 is 4.74 Å². The third-order valence-corrected chi connectivity index (χ3v) is 5.11. The molecule has 0 saturated heterocycles. The van der Waals surface area contributed by atoms with E-state index in [0.717, 1.165) is 44.9 Å². The molecule has 4 rings (SSSR count). The lowest BCUT2D eigenvalue weighted by atomic mass is 10.0. The van der Waals surface area contributed by atoms with Crippen LogP contribution >= 0.6 is 0 Å². The van der Waals surface area contributed by atoms with E-state index in [2.05, 4.69) is 27.4 Å². The summed E-state index contributed by atoms with van der Waals surface area (Å²) in [5.41, 5.74) is 11.1. The topological polar surface area (TPSA) is 98.3 Å². The van der Waals surface area contributed by atoms with Gasteiger partial charge >= 0.3 is 0 Å². The quantitative estimate of drug-likeness (QED) is 0.406. The molecule has 0 amide bonds. The maximum Gasteiger partial charge on any atom is 0.163 e. The Kier molecular flexibility index (Phi) is 6.59. The number of benzene rings is 2. The highest BCUT2D eigenvalue weighted by Gasteiger charge is 2.10. The number of rotatable bonds is 7. The van der Waals surface area contributed by atoms with Crippen LogP contribution in [0.4, 0.5) is 5.82 Å². The summed E-state index contributed by atoms with van der Waals surface area (Å²) in [6, 6.07) is 18.0. The molecule has 0 aliphatic rings. The van der Waals surface area contributed by atoms with Gasteiger partial charge in [0, 0.05) is 43.1 Å². The number of hydrogen-bond acceptors (Lipinski definition) is 7. The van der Waals surface area contributed by atoms with Gasteiger partial charge in [0.15, 0.2) is 5.82 Å². The van der Waals surface area contributed by atoms with E-state index in [1.165, 1.54) is 0 Å². The summed E-state index contributed by atoms with van der Waals surface area (Å²) in [7, 11) is 3.59. The number of nitrogens with one attached hydrogen (secondary N) is 1. The van der Waals surface area contributed by atoms with Crippen LogP contribution in [0.15, 0.2) is 83.8 Å². The predicted molar refractivity (Wildman–Crippen MR) is 135 cm³/mol. The minimum absolute atomic E-state index is 0.364. The predicted octanol–water partition coefficient (Wildman–Crippen LogP) is 4.71. The smallest absolute Gasteiger partial charge is 0.163 e. The van der Waals surface area contributed by atoms with Crippen molar-refractivity contribution in [2.45, 2.75) is 6.92 Å². The van der Waals surface area contributed by atoms with Crippen LogP contribution < -0.4 is 15.8 Å². The number of fused-ring (bicyclic) bond motifs is 1. The lowest BCUT2D eigenvalue weighted by Crippen LogP contribution is -2.11. The molecule has 0 unspecified atom stereocenters. The molecule has 4 aromatic rings. The average molecular weight is 439 g/mol. The second-order valence-corrected chi connectivity index (χ2v) is 7.54. The number of nitrogens with two attached hydrogens (primary N) is 1. The Balaban J connectivity index is 1.59. The maximum atomic E-state index is 5.85. The second-order valence-electron chi connectivity index (χ2n) is 7.54. The van der Waals surface area contributed by atoms with E-state index in [1.807, 2.05) is 62.5 Å². The van der Waals surface area contributed by atoms with Crippen molar-refractivity contribution in [3.05, 3.63) is 78.8 Å². The zero-order valence-electron chi connectivity index (χ0n) is 18.9. The Morgan fingerprint density at radius 3 is 2.52 bits per heavy atom. The van der Waals surface area contributed by atoms with E-state index in [-0.39, 0.29) is 0 Å². The normalized spacial score (nSPS) is 12.1. The second kappa shape index (κ2) is 9.91. The summed E-state index contributed by atoms with van der Waals surface area (Å²) < 4.78 is 5.85. The molecule has 0 radical (unpaired) electrons. The molecule has 7 nitrogen and oxygen atoms in total. The van der Waals surface area contributed by atoms with E-state index in [1.54, 1.807) is 19.4 Å². The molecular formula is C26H26N6O. The molecule has 0 aliphatic carbocycles. The van der Waals surface area contributed by atoms with E-state index in [0.29, 0.717) is 18.1 Å². The van der Waals surface area contributed by atoms with Crippen molar-refractivity contribution in [1.29, 1.82) is 0 Å². The zero-order valence-corrected chi connectivity index (χ0v) is 18.9. The van der Waals surface area contributed by atoms with Gasteiger partial charge in [0.25, 0.3) is 0 Å². The van der Waals surface area contributed by atoms with E-state index < -0.39 is 0 Å². The van der Waals surface area contributed by atoms with Crippen LogP contribution in [0.3, 0.4) is 0 Å². The first-order chi connectivity index (χ1) is 16.1. The molecule has 0 spiro atoms. The van der Waals surface area contributed by atoms with Gasteiger partial charge in [0.2, 0.25) is 0 Å². The molecule has 0 bridgehead atoms. The molecule has 0 atom stereocenters. The van der Waals surface area contributed by atoms with Crippen molar-refractivity contribution in [1.82, 2.24) is 15.0 Å². The standard InChI is InChI=1S/C26H26N6O/c1-17(27)13-21(28-2)16-33-22-9-6-18(7-10-22)19-8-11-24-23(14-19)26(29-3)32-25(31-24)20-5-4-12-30-15-20/h4-15H,16,27H2,1-3H3,(H,29,31,32). The third kappa shape index (κ3) is 5.15. The fraction of sp³-hybridized carbons (Fsp3) is 0.154. The van der Waals surface area contributed by atoms with Crippen molar-refractivity contribution in [2.24, 2.45) is 10.7 Å². The number of aromatic nitrogens is 3. The van der Waals surface area contributed by atoms with Gasteiger partial charge in [-0.25, -0.2) is 9.97 Å². The lowest BCUT2D eigenvalue weighted by Gasteiger charge is -2.11. The summed E-state index contributed by atoms with van der Waals surface area (Å²) in [5.74, 6) is 2.18. The molecule has 0 aliphatic heterocycles. The molecule has 0 fully saturated rings. The molecule has 2 aromatic carbocycles. The summed E-state index contributed by atoms with van der Waals surface area (Å²) in [6.07, 6.45) is 5.31. The van der Waals surface area contributed by atoms with Gasteiger partial charge in [-0.2, -0.15) is 0 Å². The van der Waals surface area contributed by atoms with Gasteiger partial charge in [0.05, 0.1) is 11.2 Å². The number of ether oxygens (including phenoxy) is 1. The number of hydrogen-bond donors (Lipinski definition) is 2. The van der Waals surface area contributed by atoms with Gasteiger partial charge in [-0.3, -0.25) is 9.98 Å². The fourth-order valence-corrected chi connectivity index (χ4v) is 3.46. The van der Waals surface area contributed by atoms with Crippen LogP contribution in [0.5, 0.6) is 5.75 Å². The molecular weight excluding hydrogens is 412 g/mol.